The largest absolute Gasteiger partial charge is 0.381 e. The van der Waals surface area contributed by atoms with Crippen LogP contribution in [0.15, 0.2) is 103 Å². The molecule has 124 valence electrons. The molecule has 1 N–H and O–H groups in total. The molecule has 1 heteroatoms. The molecule has 5 rings (SSSR count). The van der Waals surface area contributed by atoms with Crippen LogP contribution >= 0.6 is 0 Å². The molecule has 0 aliphatic carbocycles. The molecule has 0 aromatic heterocycles. The lowest BCUT2D eigenvalue weighted by atomic mass is 9.92. The number of nitrogens with one attached hydrogen (secondary N) is 1. The van der Waals surface area contributed by atoms with E-state index in [0.717, 1.165) is 0 Å². The maximum atomic E-state index is 3.52. The van der Waals surface area contributed by atoms with E-state index in [1.54, 1.807) is 0 Å². The molecule has 0 bridgehead atoms. The summed E-state index contributed by atoms with van der Waals surface area (Å²) in [5.74, 6) is 0. The molecule has 4 aromatic carbocycles. The standard InChI is InChI=1S/C25H19N/c1-3-11-21-18(7-1)9-5-13-23(21)20-15-16-26-25(17-20)24-14-6-10-19-8-2-4-12-22(19)24/h1-17,25-26H. The molecule has 26 heavy (non-hydrogen) atoms. The Kier molecular flexibility index (Phi) is 3.57. The number of benzene rings is 4. The SMILES string of the molecule is C1=CC(c2cccc3ccccc23)=CC(c2cccc3ccccc23)N1. The van der Waals surface area contributed by atoms with Gasteiger partial charge < -0.3 is 5.32 Å². The summed E-state index contributed by atoms with van der Waals surface area (Å²) in [5, 5.41) is 8.67. The minimum absolute atomic E-state index is 0.167. The summed E-state index contributed by atoms with van der Waals surface area (Å²) in [4.78, 5) is 0. The zero-order valence-corrected chi connectivity index (χ0v) is 14.4. The van der Waals surface area contributed by atoms with E-state index in [4.69, 9.17) is 0 Å². The molecule has 1 atom stereocenters. The Morgan fingerprint density at radius 2 is 1.27 bits per heavy atom. The Morgan fingerprint density at radius 1 is 0.615 bits per heavy atom. The van der Waals surface area contributed by atoms with Crippen molar-refractivity contribution in [2.24, 2.45) is 0 Å². The average molecular weight is 333 g/mol. The fourth-order valence-corrected chi connectivity index (χ4v) is 3.88. The van der Waals surface area contributed by atoms with Crippen LogP contribution in [0.1, 0.15) is 17.2 Å². The van der Waals surface area contributed by atoms with Gasteiger partial charge in [0.25, 0.3) is 0 Å². The first-order chi connectivity index (χ1) is 12.9. The highest BCUT2D eigenvalue weighted by atomic mass is 14.9. The van der Waals surface area contributed by atoms with Crippen molar-refractivity contribution in [1.29, 1.82) is 0 Å². The fourth-order valence-electron chi connectivity index (χ4n) is 3.88. The molecule has 0 spiro atoms. The minimum atomic E-state index is 0.167. The highest BCUT2D eigenvalue weighted by Gasteiger charge is 2.15. The maximum absolute atomic E-state index is 3.52. The van der Waals surface area contributed by atoms with Crippen LogP contribution < -0.4 is 5.32 Å². The molecule has 0 saturated carbocycles. The van der Waals surface area contributed by atoms with Crippen LogP contribution in [0.25, 0.3) is 27.1 Å². The third kappa shape index (κ3) is 2.49. The van der Waals surface area contributed by atoms with Crippen molar-refractivity contribution in [1.82, 2.24) is 5.32 Å². The average Bonchev–Trinajstić information content (AvgIpc) is 2.73. The first-order valence-corrected chi connectivity index (χ1v) is 9.00. The Morgan fingerprint density at radius 3 is 2.12 bits per heavy atom. The fraction of sp³-hybridized carbons (Fsp3) is 0.0400. The van der Waals surface area contributed by atoms with Crippen LogP contribution in [0.3, 0.4) is 0 Å². The molecule has 1 aliphatic heterocycles. The molecule has 1 aliphatic rings. The zero-order valence-electron chi connectivity index (χ0n) is 14.4. The highest BCUT2D eigenvalue weighted by molar-refractivity contribution is 5.96. The Bertz CT molecular complexity index is 1160. The molecule has 0 radical (unpaired) electrons. The number of dihydropyridines is 1. The zero-order chi connectivity index (χ0) is 17.3. The molecule has 0 saturated heterocycles. The van der Waals surface area contributed by atoms with Crippen LogP contribution in [-0.2, 0) is 0 Å². The van der Waals surface area contributed by atoms with E-state index < -0.39 is 0 Å². The summed E-state index contributed by atoms with van der Waals surface area (Å²) in [7, 11) is 0. The van der Waals surface area contributed by atoms with Crippen molar-refractivity contribution < 1.29 is 0 Å². The van der Waals surface area contributed by atoms with E-state index in [2.05, 4.69) is 109 Å². The summed E-state index contributed by atoms with van der Waals surface area (Å²) in [6.07, 6.45) is 6.58. The summed E-state index contributed by atoms with van der Waals surface area (Å²) in [5.41, 5.74) is 3.86. The summed E-state index contributed by atoms with van der Waals surface area (Å²) < 4.78 is 0. The smallest absolute Gasteiger partial charge is 0.0707 e. The number of hydrogen-bond donors (Lipinski definition) is 1. The summed E-state index contributed by atoms with van der Waals surface area (Å²) in [6.45, 7) is 0. The van der Waals surface area contributed by atoms with Crippen molar-refractivity contribution >= 4 is 27.1 Å². The van der Waals surface area contributed by atoms with Gasteiger partial charge in [-0.25, -0.2) is 0 Å². The Balaban J connectivity index is 1.65. The molecular weight excluding hydrogens is 314 g/mol. The lowest BCUT2D eigenvalue weighted by Gasteiger charge is -2.22. The second-order valence-electron chi connectivity index (χ2n) is 6.69. The third-order valence-electron chi connectivity index (χ3n) is 5.14. The molecule has 1 unspecified atom stereocenters. The van der Waals surface area contributed by atoms with Gasteiger partial charge in [-0.3, -0.25) is 0 Å². The van der Waals surface area contributed by atoms with Gasteiger partial charge in [0.15, 0.2) is 0 Å². The van der Waals surface area contributed by atoms with Crippen molar-refractivity contribution in [3.8, 4) is 0 Å². The molecule has 0 amide bonds. The number of fused-ring (bicyclic) bond motifs is 2. The van der Waals surface area contributed by atoms with Gasteiger partial charge in [-0.05, 0) is 56.6 Å². The van der Waals surface area contributed by atoms with Crippen LogP contribution in [0.5, 0.6) is 0 Å². The first-order valence-electron chi connectivity index (χ1n) is 9.00. The molecule has 0 fully saturated rings. The van der Waals surface area contributed by atoms with Gasteiger partial charge >= 0.3 is 0 Å². The van der Waals surface area contributed by atoms with E-state index in [1.165, 1.54) is 38.2 Å². The van der Waals surface area contributed by atoms with Gasteiger partial charge in [0, 0.05) is 0 Å². The molecule has 1 nitrogen and oxygen atoms in total. The second-order valence-corrected chi connectivity index (χ2v) is 6.69. The highest BCUT2D eigenvalue weighted by Crippen LogP contribution is 2.32. The first kappa shape index (κ1) is 15.0. The predicted molar refractivity (Wildman–Crippen MR) is 111 cm³/mol. The van der Waals surface area contributed by atoms with Gasteiger partial charge in [0.05, 0.1) is 6.04 Å². The Labute approximate surface area is 153 Å². The van der Waals surface area contributed by atoms with E-state index in [1.807, 2.05) is 0 Å². The normalized spacial score (nSPS) is 16.5. The van der Waals surface area contributed by atoms with Crippen molar-refractivity contribution in [2.45, 2.75) is 6.04 Å². The molecule has 1 heterocycles. The second kappa shape index (κ2) is 6.20. The summed E-state index contributed by atoms with van der Waals surface area (Å²) in [6, 6.07) is 30.4. The van der Waals surface area contributed by atoms with Crippen molar-refractivity contribution in [3.05, 3.63) is 114 Å². The van der Waals surface area contributed by atoms with Crippen molar-refractivity contribution in [2.75, 3.05) is 0 Å². The van der Waals surface area contributed by atoms with Crippen LogP contribution in [-0.4, -0.2) is 0 Å². The quantitative estimate of drug-likeness (QED) is 0.458. The molecular formula is C25H19N. The van der Waals surface area contributed by atoms with Gasteiger partial charge in [-0.1, -0.05) is 84.9 Å². The van der Waals surface area contributed by atoms with Crippen molar-refractivity contribution in [3.63, 3.8) is 0 Å². The third-order valence-corrected chi connectivity index (χ3v) is 5.14. The van der Waals surface area contributed by atoms with Gasteiger partial charge in [0.2, 0.25) is 0 Å². The van der Waals surface area contributed by atoms with Gasteiger partial charge in [0.1, 0.15) is 0 Å². The number of allylic oxidation sites excluding steroid dienone is 2. The summed E-state index contributed by atoms with van der Waals surface area (Å²) >= 11 is 0. The van der Waals surface area contributed by atoms with Crippen LogP contribution in [0.4, 0.5) is 0 Å². The Hall–Kier alpha value is -3.32. The van der Waals surface area contributed by atoms with E-state index >= 15 is 0 Å². The predicted octanol–water partition coefficient (Wildman–Crippen LogP) is 6.23. The molecule has 4 aromatic rings. The van der Waals surface area contributed by atoms with E-state index in [-0.39, 0.29) is 6.04 Å². The number of hydrogen-bond acceptors (Lipinski definition) is 1. The van der Waals surface area contributed by atoms with Gasteiger partial charge in [-0.2, -0.15) is 0 Å². The lowest BCUT2D eigenvalue weighted by Crippen LogP contribution is -2.16. The minimum Gasteiger partial charge on any atom is -0.381 e. The van der Waals surface area contributed by atoms with E-state index in [0.29, 0.717) is 0 Å². The van der Waals surface area contributed by atoms with Crippen LogP contribution in [0, 0.1) is 0 Å². The van der Waals surface area contributed by atoms with Gasteiger partial charge in [-0.15, -0.1) is 0 Å². The lowest BCUT2D eigenvalue weighted by molar-refractivity contribution is 0.755. The van der Waals surface area contributed by atoms with E-state index in [9.17, 15) is 0 Å². The maximum Gasteiger partial charge on any atom is 0.0707 e. The topological polar surface area (TPSA) is 12.0 Å². The monoisotopic (exact) mass is 333 g/mol. The number of rotatable bonds is 2. The van der Waals surface area contributed by atoms with Crippen LogP contribution in [0.2, 0.25) is 0 Å².